The van der Waals surface area contributed by atoms with Crippen LogP contribution in [0.2, 0.25) is 0 Å². The van der Waals surface area contributed by atoms with Crippen molar-refractivity contribution in [1.29, 1.82) is 0 Å². The van der Waals surface area contributed by atoms with Gasteiger partial charge in [0.25, 0.3) is 0 Å². The Morgan fingerprint density at radius 1 is 1.26 bits per heavy atom. The van der Waals surface area contributed by atoms with Gasteiger partial charge >= 0.3 is 5.97 Å². The molecule has 1 fully saturated rings. The maximum absolute atomic E-state index is 12.6. The van der Waals surface area contributed by atoms with Crippen LogP contribution in [0.1, 0.15) is 52.9 Å². The van der Waals surface area contributed by atoms with Gasteiger partial charge in [0.05, 0.1) is 36.6 Å². The minimum atomic E-state index is -0.383. The normalized spacial score (nSPS) is 22.1. The Balaban J connectivity index is 2.14. The predicted octanol–water partition coefficient (Wildman–Crippen LogP) is 2.10. The largest absolute Gasteiger partial charge is 0.462 e. The first kappa shape index (κ1) is 17.7. The lowest BCUT2D eigenvalue weighted by atomic mass is 10.1. The lowest BCUT2D eigenvalue weighted by Gasteiger charge is -2.34. The second-order valence-electron chi connectivity index (χ2n) is 6.22. The second kappa shape index (κ2) is 7.27. The number of carbonyl (C=O) groups is 2. The number of nitrogens with one attached hydrogen (secondary N) is 1. The molecule has 1 N–H and O–H groups in total. The molecule has 1 aliphatic heterocycles. The van der Waals surface area contributed by atoms with E-state index in [9.17, 15) is 9.59 Å². The molecule has 0 bridgehead atoms. The van der Waals surface area contributed by atoms with Crippen LogP contribution in [0.25, 0.3) is 0 Å². The van der Waals surface area contributed by atoms with Gasteiger partial charge in [-0.1, -0.05) is 0 Å². The number of aromatic nitrogens is 1. The predicted molar refractivity (Wildman–Crippen MR) is 87.0 cm³/mol. The molecule has 0 aromatic carbocycles. The molecule has 1 saturated heterocycles. The van der Waals surface area contributed by atoms with Gasteiger partial charge in [-0.3, -0.25) is 9.69 Å². The fourth-order valence-corrected chi connectivity index (χ4v) is 3.23. The quantitative estimate of drug-likeness (QED) is 0.664. The van der Waals surface area contributed by atoms with Gasteiger partial charge in [-0.2, -0.15) is 0 Å². The lowest BCUT2D eigenvalue weighted by molar-refractivity contribution is -0.0652. The van der Waals surface area contributed by atoms with Crippen molar-refractivity contribution in [3.63, 3.8) is 0 Å². The van der Waals surface area contributed by atoms with Gasteiger partial charge in [-0.25, -0.2) is 4.79 Å². The molecule has 1 aliphatic rings. The van der Waals surface area contributed by atoms with Gasteiger partial charge in [0.1, 0.15) is 0 Å². The maximum atomic E-state index is 12.6. The molecule has 23 heavy (non-hydrogen) atoms. The summed E-state index contributed by atoms with van der Waals surface area (Å²) in [5, 5.41) is 0. The number of rotatable bonds is 5. The molecule has 6 nitrogen and oxygen atoms in total. The highest BCUT2D eigenvalue weighted by atomic mass is 16.5. The van der Waals surface area contributed by atoms with Crippen molar-refractivity contribution in [2.75, 3.05) is 26.2 Å². The molecular formula is C17H26N2O4. The number of carbonyl (C=O) groups excluding carboxylic acids is 2. The van der Waals surface area contributed by atoms with E-state index in [1.807, 2.05) is 13.8 Å². The van der Waals surface area contributed by atoms with Crippen molar-refractivity contribution in [3.05, 3.63) is 22.5 Å². The molecule has 0 spiro atoms. The van der Waals surface area contributed by atoms with E-state index in [1.54, 1.807) is 20.8 Å². The number of ketones is 1. The van der Waals surface area contributed by atoms with Crippen molar-refractivity contribution in [3.8, 4) is 0 Å². The zero-order valence-corrected chi connectivity index (χ0v) is 14.6. The SMILES string of the molecule is CCOC(=O)c1c(C)[nH]c(C(=O)CN2C[C@@H](C)O[C@@H](C)C2)c1C. The third kappa shape index (κ3) is 4.00. The molecule has 0 aliphatic carbocycles. The Bertz CT molecular complexity index is 584. The van der Waals surface area contributed by atoms with E-state index in [2.05, 4.69) is 9.88 Å². The van der Waals surface area contributed by atoms with Gasteiger partial charge in [-0.05, 0) is 40.2 Å². The average molecular weight is 322 g/mol. The van der Waals surface area contributed by atoms with Crippen molar-refractivity contribution >= 4 is 11.8 Å². The number of morpholine rings is 1. The first-order chi connectivity index (χ1) is 10.8. The van der Waals surface area contributed by atoms with E-state index in [1.165, 1.54) is 0 Å². The highest BCUT2D eigenvalue weighted by Crippen LogP contribution is 2.20. The van der Waals surface area contributed by atoms with E-state index < -0.39 is 0 Å². The summed E-state index contributed by atoms with van der Waals surface area (Å²) >= 11 is 0. The monoisotopic (exact) mass is 322 g/mol. The molecule has 0 unspecified atom stereocenters. The van der Waals surface area contributed by atoms with E-state index >= 15 is 0 Å². The Morgan fingerprint density at radius 3 is 2.43 bits per heavy atom. The Kier molecular flexibility index (Phi) is 5.59. The van der Waals surface area contributed by atoms with Crippen LogP contribution >= 0.6 is 0 Å². The molecule has 1 aromatic rings. The summed E-state index contributed by atoms with van der Waals surface area (Å²) in [6, 6.07) is 0. The van der Waals surface area contributed by atoms with E-state index in [0.29, 0.717) is 35.7 Å². The van der Waals surface area contributed by atoms with E-state index in [0.717, 1.165) is 13.1 Å². The fraction of sp³-hybridized carbons (Fsp3) is 0.647. The first-order valence-corrected chi connectivity index (χ1v) is 8.10. The smallest absolute Gasteiger partial charge is 0.340 e. The minimum Gasteiger partial charge on any atom is -0.462 e. The maximum Gasteiger partial charge on any atom is 0.340 e. The first-order valence-electron chi connectivity index (χ1n) is 8.10. The zero-order chi connectivity index (χ0) is 17.1. The van der Waals surface area contributed by atoms with Crippen LogP contribution in [0, 0.1) is 13.8 Å². The van der Waals surface area contributed by atoms with Crippen LogP contribution < -0.4 is 0 Å². The Hall–Kier alpha value is -1.66. The summed E-state index contributed by atoms with van der Waals surface area (Å²) < 4.78 is 10.8. The molecule has 0 saturated carbocycles. The number of aromatic amines is 1. The number of nitrogens with zero attached hydrogens (tertiary/aromatic N) is 1. The second-order valence-corrected chi connectivity index (χ2v) is 6.22. The molecule has 0 amide bonds. The summed E-state index contributed by atoms with van der Waals surface area (Å²) in [4.78, 5) is 29.8. The Labute approximate surface area is 137 Å². The van der Waals surface area contributed by atoms with Crippen LogP contribution in [0.15, 0.2) is 0 Å². The summed E-state index contributed by atoms with van der Waals surface area (Å²) in [6.45, 7) is 11.5. The number of esters is 1. The highest BCUT2D eigenvalue weighted by Gasteiger charge is 2.27. The molecule has 6 heteroatoms. The van der Waals surface area contributed by atoms with Crippen LogP contribution in [-0.4, -0.2) is 60.1 Å². The van der Waals surface area contributed by atoms with Gasteiger partial charge < -0.3 is 14.5 Å². The highest BCUT2D eigenvalue weighted by molar-refractivity contribution is 6.02. The number of H-pyrrole nitrogens is 1. The topological polar surface area (TPSA) is 71.6 Å². The zero-order valence-electron chi connectivity index (χ0n) is 14.6. The Morgan fingerprint density at radius 2 is 1.87 bits per heavy atom. The molecule has 128 valence electrons. The third-order valence-corrected chi connectivity index (χ3v) is 4.06. The summed E-state index contributed by atoms with van der Waals surface area (Å²) in [6.07, 6.45) is 0.237. The van der Waals surface area contributed by atoms with Crippen molar-refractivity contribution in [2.45, 2.75) is 46.8 Å². The van der Waals surface area contributed by atoms with Crippen molar-refractivity contribution in [2.24, 2.45) is 0 Å². The fourth-order valence-electron chi connectivity index (χ4n) is 3.23. The van der Waals surface area contributed by atoms with Crippen molar-refractivity contribution in [1.82, 2.24) is 9.88 Å². The molecule has 2 heterocycles. The lowest BCUT2D eigenvalue weighted by Crippen LogP contribution is -2.47. The van der Waals surface area contributed by atoms with Gasteiger partial charge in [-0.15, -0.1) is 0 Å². The molecule has 0 radical (unpaired) electrons. The average Bonchev–Trinajstić information content (AvgIpc) is 2.73. The van der Waals surface area contributed by atoms with Gasteiger partial charge in [0.2, 0.25) is 0 Å². The minimum absolute atomic E-state index is 0.0116. The number of ether oxygens (including phenoxy) is 2. The van der Waals surface area contributed by atoms with Crippen LogP contribution in [0.5, 0.6) is 0 Å². The standard InChI is InChI=1S/C17H26N2O4/c1-6-22-17(21)15-12(4)16(18-13(15)5)14(20)9-19-7-10(2)23-11(3)8-19/h10-11,18H,6-9H2,1-5H3/t10-,11+. The number of Topliss-reactive ketones (excluding diaryl/α,β-unsaturated/α-hetero) is 1. The van der Waals surface area contributed by atoms with Crippen LogP contribution in [0.4, 0.5) is 0 Å². The summed E-state index contributed by atoms with van der Waals surface area (Å²) in [5.74, 6) is -0.395. The van der Waals surface area contributed by atoms with Crippen molar-refractivity contribution < 1.29 is 19.1 Å². The molecule has 2 rings (SSSR count). The molecule has 2 atom stereocenters. The summed E-state index contributed by atoms with van der Waals surface area (Å²) in [5.41, 5.74) is 2.31. The third-order valence-electron chi connectivity index (χ3n) is 4.06. The van der Waals surface area contributed by atoms with Crippen LogP contribution in [0.3, 0.4) is 0 Å². The van der Waals surface area contributed by atoms with E-state index in [4.69, 9.17) is 9.47 Å². The van der Waals surface area contributed by atoms with E-state index in [-0.39, 0.29) is 24.0 Å². The molecule has 1 aromatic heterocycles. The van der Waals surface area contributed by atoms with Crippen LogP contribution in [-0.2, 0) is 9.47 Å². The summed E-state index contributed by atoms with van der Waals surface area (Å²) in [7, 11) is 0. The molecular weight excluding hydrogens is 296 g/mol. The van der Waals surface area contributed by atoms with Gasteiger partial charge in [0.15, 0.2) is 5.78 Å². The van der Waals surface area contributed by atoms with Gasteiger partial charge in [0, 0.05) is 18.8 Å². The number of hydrogen-bond acceptors (Lipinski definition) is 5. The number of hydrogen-bond donors (Lipinski definition) is 1. The number of aryl methyl sites for hydroxylation is 1.